The SMILES string of the molecule is CC.CC(C)/C=C/C[NH-].CNCCOCCOCCC(=O)Nc1cccc(OCC(N)OCCOCO)c1.[W]. The first-order valence-corrected chi connectivity index (χ1v) is 13.1. The average molecular weight is 728 g/mol. The van der Waals surface area contributed by atoms with Gasteiger partial charge in [-0.1, -0.05) is 39.8 Å². The first kappa shape index (κ1) is 42.1. The molecule has 11 nitrogen and oxygen atoms in total. The molecular weight excluding hydrogens is 676 g/mol. The van der Waals surface area contributed by atoms with Crippen LogP contribution in [-0.4, -0.2) is 90.4 Å². The van der Waals surface area contributed by atoms with Crippen LogP contribution in [0.15, 0.2) is 36.4 Å². The van der Waals surface area contributed by atoms with Crippen LogP contribution in [0.2, 0.25) is 0 Å². The number of allylic oxidation sites excluding steroid dienone is 1. The monoisotopic (exact) mass is 727 g/mol. The maximum absolute atomic E-state index is 12.0. The summed E-state index contributed by atoms with van der Waals surface area (Å²) in [6.07, 6.45) is 3.52. The summed E-state index contributed by atoms with van der Waals surface area (Å²) in [5.74, 6) is 1.01. The summed E-state index contributed by atoms with van der Waals surface area (Å²) >= 11 is 0. The maximum Gasteiger partial charge on any atom is 0.226 e. The molecule has 0 aliphatic rings. The van der Waals surface area contributed by atoms with Gasteiger partial charge < -0.3 is 50.9 Å². The number of benzene rings is 1. The van der Waals surface area contributed by atoms with E-state index in [1.807, 2.05) is 33.0 Å². The summed E-state index contributed by atoms with van der Waals surface area (Å²) < 4.78 is 26.3. The van der Waals surface area contributed by atoms with Gasteiger partial charge in [-0.05, 0) is 25.1 Å². The molecule has 1 rings (SSSR count). The number of nitrogens with one attached hydrogen (secondary N) is 3. The van der Waals surface area contributed by atoms with Crippen LogP contribution in [0.1, 0.15) is 34.1 Å². The van der Waals surface area contributed by atoms with Gasteiger partial charge in [0.1, 0.15) is 25.4 Å². The number of anilines is 1. The van der Waals surface area contributed by atoms with Gasteiger partial charge in [0.05, 0.1) is 46.1 Å². The summed E-state index contributed by atoms with van der Waals surface area (Å²) in [6, 6.07) is 7.00. The van der Waals surface area contributed by atoms with Gasteiger partial charge in [0, 0.05) is 39.4 Å². The van der Waals surface area contributed by atoms with Crippen LogP contribution in [0.5, 0.6) is 5.75 Å². The average Bonchev–Trinajstić information content (AvgIpc) is 2.92. The predicted molar refractivity (Wildman–Crippen MR) is 152 cm³/mol. The number of nitrogens with two attached hydrogens (primary N) is 1. The molecule has 1 unspecified atom stereocenters. The molecule has 0 bridgehead atoms. The van der Waals surface area contributed by atoms with E-state index in [4.69, 9.17) is 40.3 Å². The number of carbonyl (C=O) groups is 1. The Hall–Kier alpha value is -1.40. The molecule has 0 saturated heterocycles. The number of carbonyl (C=O) groups excluding carboxylic acids is 1. The van der Waals surface area contributed by atoms with Crippen LogP contribution >= 0.6 is 0 Å². The number of aliphatic hydroxyl groups is 1. The quantitative estimate of drug-likeness (QED) is 0.0901. The standard InChI is InChI=1S/C19H33N3O7.C6H12N.C2H6.W/c1-21-6-8-26-10-9-25-7-5-19(24)22-16-3-2-4-17(13-16)29-14-18(20)28-12-11-27-15-23;1-6(2)4-3-5-7;1-2;/h2-4,13,18,21,23H,5-12,14-15,20H2,1H3,(H,22,24);3-4,6-7H,5H2,1-2H3;1-2H3;/q;-1;;/b;4-3+;;. The van der Waals surface area contributed by atoms with E-state index in [1.54, 1.807) is 24.3 Å². The van der Waals surface area contributed by atoms with Crippen molar-refractivity contribution >= 4 is 11.6 Å². The summed E-state index contributed by atoms with van der Waals surface area (Å²) in [4.78, 5) is 12.0. The van der Waals surface area contributed by atoms with Gasteiger partial charge >= 0.3 is 0 Å². The number of hydrogen-bond acceptors (Lipinski definition) is 9. The molecule has 0 aliphatic heterocycles. The summed E-state index contributed by atoms with van der Waals surface area (Å²) in [5.41, 5.74) is 13.1. The van der Waals surface area contributed by atoms with Crippen molar-refractivity contribution in [1.29, 1.82) is 0 Å². The van der Waals surface area contributed by atoms with Crippen LogP contribution in [0, 0.1) is 5.92 Å². The zero-order chi connectivity index (χ0) is 28.9. The van der Waals surface area contributed by atoms with Crippen molar-refractivity contribution in [2.45, 2.75) is 40.3 Å². The number of amides is 1. The molecule has 1 atom stereocenters. The minimum Gasteiger partial charge on any atom is -0.674 e. The van der Waals surface area contributed by atoms with E-state index < -0.39 is 6.23 Å². The van der Waals surface area contributed by atoms with Crippen molar-refractivity contribution in [3.05, 3.63) is 42.2 Å². The van der Waals surface area contributed by atoms with E-state index in [0.717, 1.165) is 6.54 Å². The Balaban J connectivity index is -0.00000112. The van der Waals surface area contributed by atoms with Crippen LogP contribution in [0.25, 0.3) is 5.73 Å². The van der Waals surface area contributed by atoms with Gasteiger partial charge in [-0.15, -0.1) is 12.6 Å². The number of ether oxygens (including phenoxy) is 5. The number of hydrogen-bond donors (Lipinski definition) is 4. The molecule has 1 amide bonds. The predicted octanol–water partition coefficient (Wildman–Crippen LogP) is 3.19. The molecule has 0 spiro atoms. The zero-order valence-electron chi connectivity index (χ0n) is 24.3. The third kappa shape index (κ3) is 31.0. The fourth-order valence-corrected chi connectivity index (χ4v) is 2.44. The van der Waals surface area contributed by atoms with Crippen molar-refractivity contribution in [3.8, 4) is 5.75 Å². The van der Waals surface area contributed by atoms with E-state index in [2.05, 4.69) is 24.5 Å². The molecule has 0 saturated carbocycles. The van der Waals surface area contributed by atoms with Gasteiger partial charge in [-0.3, -0.25) is 4.79 Å². The minimum atomic E-state index is -0.630. The van der Waals surface area contributed by atoms with Crippen LogP contribution in [0.3, 0.4) is 0 Å². The Kier molecular flexibility index (Phi) is 35.4. The molecule has 1 aromatic rings. The first-order chi connectivity index (χ1) is 18.4. The van der Waals surface area contributed by atoms with Gasteiger partial charge in [0.25, 0.3) is 0 Å². The first-order valence-electron chi connectivity index (χ1n) is 13.1. The van der Waals surface area contributed by atoms with Crippen molar-refractivity contribution in [2.75, 3.05) is 78.5 Å². The van der Waals surface area contributed by atoms with Gasteiger partial charge in [-0.2, -0.15) is 0 Å². The topological polar surface area (TPSA) is 157 Å². The normalized spacial score (nSPS) is 11.1. The summed E-state index contributed by atoms with van der Waals surface area (Å²) in [5, 5.41) is 14.3. The fraction of sp³-hybridized carbons (Fsp3) is 0.667. The fourth-order valence-electron chi connectivity index (χ4n) is 2.44. The molecule has 0 fully saturated rings. The molecular formula is C27H51N4O7W-. The molecule has 6 N–H and O–H groups in total. The van der Waals surface area contributed by atoms with Crippen molar-refractivity contribution < 1.29 is 54.7 Å². The van der Waals surface area contributed by atoms with Crippen molar-refractivity contribution in [3.63, 3.8) is 0 Å². The third-order valence-electron chi connectivity index (χ3n) is 4.16. The summed E-state index contributed by atoms with van der Waals surface area (Å²) in [6.45, 7) is 11.6. The second-order valence-corrected chi connectivity index (χ2v) is 7.79. The summed E-state index contributed by atoms with van der Waals surface area (Å²) in [7, 11) is 1.86. The van der Waals surface area contributed by atoms with Crippen LogP contribution < -0.4 is 21.1 Å². The zero-order valence-corrected chi connectivity index (χ0v) is 27.2. The van der Waals surface area contributed by atoms with E-state index >= 15 is 0 Å². The number of likely N-dealkylation sites (N-methyl/N-ethyl adjacent to an activating group) is 1. The van der Waals surface area contributed by atoms with Gasteiger partial charge in [-0.25, -0.2) is 0 Å². The third-order valence-corrected chi connectivity index (χ3v) is 4.16. The largest absolute Gasteiger partial charge is 0.674 e. The Bertz CT molecular complexity index is 685. The molecule has 39 heavy (non-hydrogen) atoms. The van der Waals surface area contributed by atoms with E-state index in [1.165, 1.54) is 0 Å². The second-order valence-electron chi connectivity index (χ2n) is 7.79. The maximum atomic E-state index is 12.0. The second kappa shape index (κ2) is 32.8. The van der Waals surface area contributed by atoms with Crippen LogP contribution in [-0.2, 0) is 44.8 Å². The van der Waals surface area contributed by atoms with E-state index in [0.29, 0.717) is 50.3 Å². The molecule has 0 heterocycles. The Morgan fingerprint density at radius 2 is 1.74 bits per heavy atom. The van der Waals surface area contributed by atoms with E-state index in [9.17, 15) is 4.79 Å². The van der Waals surface area contributed by atoms with Gasteiger partial charge in [0.15, 0.2) is 0 Å². The van der Waals surface area contributed by atoms with Crippen LogP contribution in [0.4, 0.5) is 5.69 Å². The Labute approximate surface area is 249 Å². The molecule has 12 heteroatoms. The van der Waals surface area contributed by atoms with E-state index in [-0.39, 0.29) is 60.0 Å². The number of rotatable bonds is 20. The molecule has 0 aromatic heterocycles. The number of aliphatic hydroxyl groups excluding tert-OH is 1. The smallest absolute Gasteiger partial charge is 0.226 e. The molecule has 0 aliphatic carbocycles. The molecule has 1 aromatic carbocycles. The Morgan fingerprint density at radius 3 is 2.33 bits per heavy atom. The van der Waals surface area contributed by atoms with Crippen molar-refractivity contribution in [1.82, 2.24) is 5.32 Å². The molecule has 0 radical (unpaired) electrons. The molecule has 228 valence electrons. The Morgan fingerprint density at radius 1 is 1.08 bits per heavy atom. The van der Waals surface area contributed by atoms with Gasteiger partial charge in [0.2, 0.25) is 5.91 Å². The van der Waals surface area contributed by atoms with Crippen molar-refractivity contribution in [2.24, 2.45) is 11.7 Å². The minimum absolute atomic E-state index is 0.